The number of aliphatic hydroxyl groups excluding tert-OH is 1. The van der Waals surface area contributed by atoms with Gasteiger partial charge in [0.15, 0.2) is 0 Å². The van der Waals surface area contributed by atoms with Gasteiger partial charge in [0.05, 0.1) is 7.11 Å². The first kappa shape index (κ1) is 13.5. The molecule has 2 N–H and O–H groups in total. The molecular formula is C14H17NO4. The van der Waals surface area contributed by atoms with E-state index >= 15 is 0 Å². The molecule has 1 aromatic carbocycles. The summed E-state index contributed by atoms with van der Waals surface area (Å²) in [5, 5.41) is 12.1. The van der Waals surface area contributed by atoms with Crippen molar-refractivity contribution in [2.75, 3.05) is 7.11 Å². The number of aliphatic hydroxyl groups is 1. The first-order valence-corrected chi connectivity index (χ1v) is 6.24. The van der Waals surface area contributed by atoms with Crippen molar-refractivity contribution < 1.29 is 19.4 Å². The largest absolute Gasteiger partial charge is 0.468 e. The molecule has 0 bridgehead atoms. The van der Waals surface area contributed by atoms with Crippen molar-refractivity contribution in [3.63, 3.8) is 0 Å². The Labute approximate surface area is 111 Å². The zero-order chi connectivity index (χ0) is 13.8. The maximum Gasteiger partial charge on any atom is 0.315 e. The molecule has 1 heterocycles. The lowest BCUT2D eigenvalue weighted by atomic mass is 9.86. The van der Waals surface area contributed by atoms with Crippen LogP contribution in [0, 0.1) is 0 Å². The zero-order valence-electron chi connectivity index (χ0n) is 10.7. The summed E-state index contributed by atoms with van der Waals surface area (Å²) in [5.41, 5.74) is 0.802. The fourth-order valence-corrected chi connectivity index (χ4v) is 2.39. The molecule has 1 aromatic rings. The second kappa shape index (κ2) is 5.84. The van der Waals surface area contributed by atoms with E-state index in [0.717, 1.165) is 5.56 Å². The molecule has 0 saturated carbocycles. The molecule has 5 heteroatoms. The third kappa shape index (κ3) is 2.93. The van der Waals surface area contributed by atoms with Crippen LogP contribution in [0.15, 0.2) is 30.3 Å². The molecular weight excluding hydrogens is 246 g/mol. The van der Waals surface area contributed by atoms with Crippen molar-refractivity contribution in [1.29, 1.82) is 0 Å². The molecule has 0 aromatic heterocycles. The van der Waals surface area contributed by atoms with Gasteiger partial charge in [-0.15, -0.1) is 0 Å². The van der Waals surface area contributed by atoms with Crippen LogP contribution < -0.4 is 5.32 Å². The molecule has 3 atom stereocenters. The van der Waals surface area contributed by atoms with Gasteiger partial charge in [0.25, 0.3) is 0 Å². The Bertz CT molecular complexity index is 460. The quantitative estimate of drug-likeness (QED) is 0.782. The van der Waals surface area contributed by atoms with Crippen molar-refractivity contribution in [3.05, 3.63) is 35.9 Å². The van der Waals surface area contributed by atoms with Gasteiger partial charge in [-0.1, -0.05) is 30.3 Å². The number of esters is 1. The summed E-state index contributed by atoms with van der Waals surface area (Å²) in [5.74, 6) is -1.35. The highest BCUT2D eigenvalue weighted by Crippen LogP contribution is 2.26. The second-order valence-corrected chi connectivity index (χ2v) is 4.62. The van der Waals surface area contributed by atoms with E-state index in [-0.39, 0.29) is 12.0 Å². The fraction of sp³-hybridized carbons (Fsp3) is 0.429. The summed E-state index contributed by atoms with van der Waals surface area (Å²) < 4.78 is 4.83. The van der Waals surface area contributed by atoms with Crippen LogP contribution in [0.4, 0.5) is 0 Å². The van der Waals surface area contributed by atoms with E-state index in [9.17, 15) is 14.7 Å². The number of amides is 1. The van der Waals surface area contributed by atoms with Crippen molar-refractivity contribution >= 4 is 11.9 Å². The zero-order valence-corrected chi connectivity index (χ0v) is 10.7. The van der Waals surface area contributed by atoms with E-state index in [0.29, 0.717) is 12.8 Å². The first-order valence-electron chi connectivity index (χ1n) is 6.24. The molecule has 1 aliphatic heterocycles. The predicted octanol–water partition coefficient (Wildman–Crippen LogP) is 0.583. The highest BCUT2D eigenvalue weighted by Gasteiger charge is 2.36. The summed E-state index contributed by atoms with van der Waals surface area (Å²) in [6.07, 6.45) is -0.0800. The Morgan fingerprint density at radius 3 is 2.63 bits per heavy atom. The van der Waals surface area contributed by atoms with Crippen LogP contribution in [0.2, 0.25) is 0 Å². The molecule has 102 valence electrons. The molecule has 0 aliphatic carbocycles. The average molecular weight is 263 g/mol. The van der Waals surface area contributed by atoms with E-state index < -0.39 is 17.9 Å². The first-order chi connectivity index (χ1) is 9.13. The van der Waals surface area contributed by atoms with Gasteiger partial charge >= 0.3 is 5.97 Å². The molecule has 1 fully saturated rings. The Morgan fingerprint density at radius 1 is 1.37 bits per heavy atom. The smallest absolute Gasteiger partial charge is 0.315 e. The topological polar surface area (TPSA) is 75.6 Å². The highest BCUT2D eigenvalue weighted by molar-refractivity contribution is 5.84. The Kier molecular flexibility index (Phi) is 4.16. The summed E-state index contributed by atoms with van der Waals surface area (Å²) in [6.45, 7) is 0. The number of carbonyl (C=O) groups is 2. The molecule has 5 nitrogen and oxygen atoms in total. The van der Waals surface area contributed by atoms with E-state index in [1.54, 1.807) is 0 Å². The molecule has 0 radical (unpaired) electrons. The summed E-state index contributed by atoms with van der Waals surface area (Å²) in [7, 11) is 1.33. The van der Waals surface area contributed by atoms with Gasteiger partial charge in [0, 0.05) is 6.04 Å². The second-order valence-electron chi connectivity index (χ2n) is 4.62. The van der Waals surface area contributed by atoms with Gasteiger partial charge in [-0.05, 0) is 18.4 Å². The Hall–Kier alpha value is -1.88. The third-order valence-electron chi connectivity index (χ3n) is 3.40. The summed E-state index contributed by atoms with van der Waals surface area (Å²) in [4.78, 5) is 23.5. The van der Waals surface area contributed by atoms with E-state index in [1.165, 1.54) is 7.11 Å². The predicted molar refractivity (Wildman–Crippen MR) is 68.4 cm³/mol. The van der Waals surface area contributed by atoms with E-state index in [2.05, 4.69) is 5.32 Å². The number of piperidine rings is 1. The van der Waals surface area contributed by atoms with Crippen LogP contribution in [0.25, 0.3) is 0 Å². The van der Waals surface area contributed by atoms with Crippen molar-refractivity contribution in [2.45, 2.75) is 30.9 Å². The maximum atomic E-state index is 12.0. The number of ether oxygens (including phenoxy) is 1. The minimum absolute atomic E-state index is 0.342. The van der Waals surface area contributed by atoms with Crippen molar-refractivity contribution in [2.24, 2.45) is 0 Å². The minimum atomic E-state index is -0.981. The lowest BCUT2D eigenvalue weighted by Gasteiger charge is -2.31. The number of hydrogen-bond acceptors (Lipinski definition) is 4. The van der Waals surface area contributed by atoms with Gasteiger partial charge < -0.3 is 15.2 Å². The van der Waals surface area contributed by atoms with Crippen LogP contribution >= 0.6 is 0 Å². The molecule has 1 amide bonds. The lowest BCUT2D eigenvalue weighted by molar-refractivity contribution is -0.144. The highest BCUT2D eigenvalue weighted by atomic mass is 16.5. The van der Waals surface area contributed by atoms with Crippen LogP contribution in [-0.2, 0) is 14.3 Å². The summed E-state index contributed by atoms with van der Waals surface area (Å²) >= 11 is 0. The van der Waals surface area contributed by atoms with Crippen LogP contribution in [0.3, 0.4) is 0 Å². The van der Waals surface area contributed by atoms with E-state index in [4.69, 9.17) is 4.74 Å². The molecule has 1 saturated heterocycles. The van der Waals surface area contributed by atoms with Crippen LogP contribution in [0.5, 0.6) is 0 Å². The molecule has 0 spiro atoms. The van der Waals surface area contributed by atoms with E-state index in [1.807, 2.05) is 30.3 Å². The van der Waals surface area contributed by atoms with Gasteiger partial charge in [-0.25, -0.2) is 0 Å². The average Bonchev–Trinajstić information content (AvgIpc) is 2.44. The number of carbonyl (C=O) groups excluding carboxylic acids is 2. The van der Waals surface area contributed by atoms with Gasteiger partial charge in [0.1, 0.15) is 12.0 Å². The SMILES string of the molecule is COC(=O)C(c1ccccc1)C1CCC(O)C(=O)N1. The number of benzene rings is 1. The van der Waals surface area contributed by atoms with Crippen LogP contribution in [0.1, 0.15) is 24.3 Å². The van der Waals surface area contributed by atoms with Crippen molar-refractivity contribution in [1.82, 2.24) is 5.32 Å². The summed E-state index contributed by atoms with van der Waals surface area (Å²) in [6, 6.07) is 8.86. The molecule has 3 unspecified atom stereocenters. The van der Waals surface area contributed by atoms with Gasteiger partial charge in [-0.2, -0.15) is 0 Å². The number of nitrogens with one attached hydrogen (secondary N) is 1. The Balaban J connectivity index is 2.24. The molecule has 2 rings (SSSR count). The van der Waals surface area contributed by atoms with Gasteiger partial charge in [0.2, 0.25) is 5.91 Å². The molecule has 19 heavy (non-hydrogen) atoms. The van der Waals surface area contributed by atoms with Gasteiger partial charge in [-0.3, -0.25) is 9.59 Å². The molecule has 1 aliphatic rings. The lowest BCUT2D eigenvalue weighted by Crippen LogP contribution is -2.50. The Morgan fingerprint density at radius 2 is 2.05 bits per heavy atom. The monoisotopic (exact) mass is 263 g/mol. The third-order valence-corrected chi connectivity index (χ3v) is 3.40. The minimum Gasteiger partial charge on any atom is -0.468 e. The number of hydrogen-bond donors (Lipinski definition) is 2. The number of methoxy groups -OCH3 is 1. The maximum absolute atomic E-state index is 12.0. The van der Waals surface area contributed by atoms with Crippen LogP contribution in [-0.4, -0.2) is 36.2 Å². The fourth-order valence-electron chi connectivity index (χ4n) is 2.39. The van der Waals surface area contributed by atoms with Crippen molar-refractivity contribution in [3.8, 4) is 0 Å². The normalized spacial score (nSPS) is 24.4. The number of rotatable bonds is 3. The standard InChI is InChI=1S/C14H17NO4/c1-19-14(18)12(9-5-3-2-4-6-9)10-7-8-11(16)13(17)15-10/h2-6,10-12,16H,7-8H2,1H3,(H,15,17).